The van der Waals surface area contributed by atoms with Crippen molar-refractivity contribution in [3.05, 3.63) is 95.0 Å². The molecule has 33 heavy (non-hydrogen) atoms. The molecule has 1 N–H and O–H groups in total. The number of rotatable bonds is 6. The van der Waals surface area contributed by atoms with Crippen molar-refractivity contribution in [2.45, 2.75) is 11.4 Å². The second-order valence-corrected chi connectivity index (χ2v) is 9.79. The number of nitrogens with one attached hydrogen (secondary N) is 1. The normalized spacial score (nSPS) is 14.0. The third-order valence-electron chi connectivity index (χ3n) is 5.28. The predicted octanol–water partition coefficient (Wildman–Crippen LogP) is 3.31. The van der Waals surface area contributed by atoms with E-state index in [4.69, 9.17) is 11.6 Å². The van der Waals surface area contributed by atoms with Crippen LogP contribution in [0.25, 0.3) is 0 Å². The van der Waals surface area contributed by atoms with Gasteiger partial charge in [0.2, 0.25) is 5.91 Å². The number of halogens is 1. The Labute approximate surface area is 197 Å². The van der Waals surface area contributed by atoms with Crippen LogP contribution in [0.5, 0.6) is 0 Å². The molecule has 170 valence electrons. The summed E-state index contributed by atoms with van der Waals surface area (Å²) in [5.74, 6) is -0.679. The quantitative estimate of drug-likeness (QED) is 0.582. The van der Waals surface area contributed by atoms with Crippen molar-refractivity contribution >= 4 is 39.1 Å². The first-order valence-electron chi connectivity index (χ1n) is 10.3. The summed E-state index contributed by atoms with van der Waals surface area (Å²) in [4.78, 5) is 25.9. The summed E-state index contributed by atoms with van der Waals surface area (Å²) in [5.41, 5.74) is 1.43. The summed E-state index contributed by atoms with van der Waals surface area (Å²) in [7, 11) is -4.13. The Bertz CT molecular complexity index is 1270. The monoisotopic (exact) mass is 483 g/mol. The molecule has 3 aromatic carbocycles. The molecule has 0 aliphatic carbocycles. The van der Waals surface area contributed by atoms with Crippen molar-refractivity contribution in [3.63, 3.8) is 0 Å². The Morgan fingerprint density at radius 1 is 1.00 bits per heavy atom. The molecule has 0 atom stereocenters. The lowest BCUT2D eigenvalue weighted by Crippen LogP contribution is -2.50. The van der Waals surface area contributed by atoms with Crippen LogP contribution < -0.4 is 9.62 Å². The molecule has 0 bridgehead atoms. The minimum Gasteiger partial charge on any atom is -0.353 e. The first kappa shape index (κ1) is 22.8. The van der Waals surface area contributed by atoms with Crippen LogP contribution in [-0.2, 0) is 21.4 Å². The van der Waals surface area contributed by atoms with E-state index in [1.54, 1.807) is 30.3 Å². The van der Waals surface area contributed by atoms with Gasteiger partial charge in [0.25, 0.3) is 15.9 Å². The van der Waals surface area contributed by atoms with Crippen LogP contribution in [0, 0.1) is 0 Å². The number of carbonyl (C=O) groups excluding carboxylic acids is 2. The van der Waals surface area contributed by atoms with Gasteiger partial charge in [-0.05, 0) is 35.9 Å². The molecule has 0 saturated carbocycles. The van der Waals surface area contributed by atoms with Gasteiger partial charge in [0.05, 0.1) is 23.8 Å². The fraction of sp³-hybridized carbons (Fsp3) is 0.167. The molecule has 1 saturated heterocycles. The number of amides is 2. The number of para-hydroxylation sites is 1. The van der Waals surface area contributed by atoms with Crippen molar-refractivity contribution in [2.75, 3.05) is 23.9 Å². The summed E-state index contributed by atoms with van der Waals surface area (Å²) in [5, 5.41) is 2.67. The lowest BCUT2D eigenvalue weighted by Gasteiger charge is -2.27. The van der Waals surface area contributed by atoms with Gasteiger partial charge in [0.1, 0.15) is 4.90 Å². The Morgan fingerprint density at radius 2 is 1.67 bits per heavy atom. The molecule has 1 heterocycles. The molecular weight excluding hydrogens is 462 g/mol. The van der Waals surface area contributed by atoms with Crippen LogP contribution >= 0.6 is 11.6 Å². The smallest absolute Gasteiger partial charge is 0.266 e. The van der Waals surface area contributed by atoms with Crippen LogP contribution in [0.1, 0.15) is 15.9 Å². The van der Waals surface area contributed by atoms with E-state index < -0.39 is 15.9 Å². The molecule has 0 aromatic heterocycles. The van der Waals surface area contributed by atoms with Gasteiger partial charge in [-0.3, -0.25) is 13.9 Å². The molecule has 0 unspecified atom stereocenters. The summed E-state index contributed by atoms with van der Waals surface area (Å²) < 4.78 is 28.9. The second kappa shape index (κ2) is 9.64. The van der Waals surface area contributed by atoms with Gasteiger partial charge in [0, 0.05) is 18.7 Å². The van der Waals surface area contributed by atoms with Gasteiger partial charge in [-0.1, -0.05) is 60.1 Å². The number of benzene rings is 3. The van der Waals surface area contributed by atoms with Gasteiger partial charge in [-0.25, -0.2) is 8.42 Å². The molecule has 3 aromatic rings. The number of hydrogen-bond donors (Lipinski definition) is 1. The van der Waals surface area contributed by atoms with E-state index in [0.717, 1.165) is 5.56 Å². The molecule has 2 amide bonds. The van der Waals surface area contributed by atoms with E-state index in [1.165, 1.54) is 27.4 Å². The van der Waals surface area contributed by atoms with E-state index in [0.29, 0.717) is 18.8 Å². The molecule has 1 aliphatic heterocycles. The summed E-state index contributed by atoms with van der Waals surface area (Å²) >= 11 is 6.33. The fourth-order valence-corrected chi connectivity index (χ4v) is 5.56. The number of carbonyl (C=O) groups is 2. The van der Waals surface area contributed by atoms with Crippen LogP contribution in [0.2, 0.25) is 5.02 Å². The zero-order valence-electron chi connectivity index (χ0n) is 17.6. The highest BCUT2D eigenvalue weighted by Crippen LogP contribution is 2.31. The lowest BCUT2D eigenvalue weighted by molar-refractivity contribution is -0.123. The largest absolute Gasteiger partial charge is 0.353 e. The van der Waals surface area contributed by atoms with Gasteiger partial charge >= 0.3 is 0 Å². The predicted molar refractivity (Wildman–Crippen MR) is 127 cm³/mol. The maximum Gasteiger partial charge on any atom is 0.266 e. The molecule has 0 spiro atoms. The number of anilines is 1. The summed E-state index contributed by atoms with van der Waals surface area (Å²) in [6, 6.07) is 22.1. The van der Waals surface area contributed by atoms with E-state index in [2.05, 4.69) is 5.32 Å². The van der Waals surface area contributed by atoms with Gasteiger partial charge < -0.3 is 10.2 Å². The summed E-state index contributed by atoms with van der Waals surface area (Å²) in [6.07, 6.45) is 0. The first-order chi connectivity index (χ1) is 15.9. The van der Waals surface area contributed by atoms with Crippen LogP contribution in [-0.4, -0.2) is 44.8 Å². The maximum absolute atomic E-state index is 13.8. The van der Waals surface area contributed by atoms with Crippen molar-refractivity contribution < 1.29 is 18.0 Å². The van der Waals surface area contributed by atoms with E-state index >= 15 is 0 Å². The fourth-order valence-electron chi connectivity index (χ4n) is 3.61. The van der Waals surface area contributed by atoms with Gasteiger partial charge in [-0.2, -0.15) is 0 Å². The number of nitrogens with zero attached hydrogens (tertiary/aromatic N) is 2. The topological polar surface area (TPSA) is 86.8 Å². The SMILES string of the molecule is O=C1CN(C(=O)c2ccc(Cl)c(S(=O)(=O)N(Cc3ccccc3)c3ccccc3)c2)CCN1. The highest BCUT2D eigenvalue weighted by Gasteiger charge is 2.30. The van der Waals surface area contributed by atoms with Crippen LogP contribution in [0.15, 0.2) is 83.8 Å². The van der Waals surface area contributed by atoms with Crippen molar-refractivity contribution in [2.24, 2.45) is 0 Å². The molecule has 1 aliphatic rings. The second-order valence-electron chi connectivity index (χ2n) is 7.55. The third kappa shape index (κ3) is 5.02. The molecule has 1 fully saturated rings. The molecule has 4 rings (SSSR count). The summed E-state index contributed by atoms with van der Waals surface area (Å²) in [6.45, 7) is 0.712. The third-order valence-corrected chi connectivity index (χ3v) is 7.54. The minimum absolute atomic E-state index is 0.0110. The van der Waals surface area contributed by atoms with E-state index in [9.17, 15) is 18.0 Å². The molecule has 0 radical (unpaired) electrons. The van der Waals surface area contributed by atoms with Crippen LogP contribution in [0.4, 0.5) is 5.69 Å². The zero-order chi connectivity index (χ0) is 23.4. The average molecular weight is 484 g/mol. The van der Waals surface area contributed by atoms with Crippen molar-refractivity contribution in [1.29, 1.82) is 0 Å². The highest BCUT2D eigenvalue weighted by molar-refractivity contribution is 7.93. The number of piperazine rings is 1. The van der Waals surface area contributed by atoms with Gasteiger partial charge in [0.15, 0.2) is 0 Å². The van der Waals surface area contributed by atoms with E-state index in [1.807, 2.05) is 30.3 Å². The average Bonchev–Trinajstić information content (AvgIpc) is 2.83. The lowest BCUT2D eigenvalue weighted by atomic mass is 10.2. The van der Waals surface area contributed by atoms with Gasteiger partial charge in [-0.15, -0.1) is 0 Å². The highest BCUT2D eigenvalue weighted by atomic mass is 35.5. The Balaban J connectivity index is 1.74. The standard InChI is InChI=1S/C24H22ClN3O4S/c25-21-12-11-19(24(30)27-14-13-26-23(29)17-27)15-22(21)33(31,32)28(20-9-5-2-6-10-20)16-18-7-3-1-4-8-18/h1-12,15H,13-14,16-17H2,(H,26,29). The van der Waals surface area contributed by atoms with E-state index in [-0.39, 0.29) is 34.5 Å². The van der Waals surface area contributed by atoms with Crippen molar-refractivity contribution in [1.82, 2.24) is 10.2 Å². The maximum atomic E-state index is 13.8. The molecule has 7 nitrogen and oxygen atoms in total. The van der Waals surface area contributed by atoms with Crippen LogP contribution in [0.3, 0.4) is 0 Å². The number of hydrogen-bond acceptors (Lipinski definition) is 4. The Hall–Kier alpha value is -3.36. The Kier molecular flexibility index (Phi) is 6.67. The van der Waals surface area contributed by atoms with Crippen molar-refractivity contribution in [3.8, 4) is 0 Å². The minimum atomic E-state index is -4.13. The molecule has 9 heteroatoms. The number of sulfonamides is 1. The zero-order valence-corrected chi connectivity index (χ0v) is 19.2. The first-order valence-corrected chi connectivity index (χ1v) is 12.2. The Morgan fingerprint density at radius 3 is 2.33 bits per heavy atom. The molecular formula is C24H22ClN3O4S.